The van der Waals surface area contributed by atoms with E-state index in [9.17, 15) is 4.39 Å². The van der Waals surface area contributed by atoms with E-state index in [4.69, 9.17) is 5.73 Å². The van der Waals surface area contributed by atoms with Crippen LogP contribution in [0.4, 0.5) is 10.1 Å². The Bertz CT molecular complexity index is 498. The largest absolute Gasteiger partial charge is 0.371 e. The van der Waals surface area contributed by atoms with E-state index in [1.54, 1.807) is 18.3 Å². The fourth-order valence-electron chi connectivity index (χ4n) is 2.19. The predicted octanol–water partition coefficient (Wildman–Crippen LogP) is 2.27. The Morgan fingerprint density at radius 2 is 2.10 bits per heavy atom. The Morgan fingerprint density at radius 3 is 2.80 bits per heavy atom. The lowest BCUT2D eigenvalue weighted by molar-refractivity contribution is 0.608. The third-order valence-electron chi connectivity index (χ3n) is 3.21. The third-order valence-corrected chi connectivity index (χ3v) is 3.21. The van der Waals surface area contributed by atoms with Crippen molar-refractivity contribution in [3.05, 3.63) is 48.8 Å². The van der Waals surface area contributed by atoms with Crippen LogP contribution in [0.15, 0.2) is 43.0 Å². The zero-order chi connectivity index (χ0) is 14.2. The van der Waals surface area contributed by atoms with Crippen LogP contribution >= 0.6 is 0 Å². The van der Waals surface area contributed by atoms with Crippen molar-refractivity contribution in [1.82, 2.24) is 9.55 Å². The summed E-state index contributed by atoms with van der Waals surface area (Å²) in [5, 5.41) is 0. The van der Waals surface area contributed by atoms with E-state index in [1.165, 1.54) is 6.07 Å². The van der Waals surface area contributed by atoms with Crippen LogP contribution in [0.5, 0.6) is 0 Å². The molecule has 0 unspecified atom stereocenters. The first-order chi connectivity index (χ1) is 9.79. The number of rotatable bonds is 8. The van der Waals surface area contributed by atoms with Gasteiger partial charge in [0.15, 0.2) is 0 Å². The first-order valence-electron chi connectivity index (χ1n) is 6.96. The summed E-state index contributed by atoms with van der Waals surface area (Å²) in [5.74, 6) is -0.199. The molecule has 0 fully saturated rings. The highest BCUT2D eigenvalue weighted by Crippen LogP contribution is 2.16. The Labute approximate surface area is 119 Å². The van der Waals surface area contributed by atoms with Gasteiger partial charge in [0, 0.05) is 37.7 Å². The van der Waals surface area contributed by atoms with E-state index in [0.29, 0.717) is 6.54 Å². The molecule has 0 aliphatic heterocycles. The summed E-state index contributed by atoms with van der Waals surface area (Å²) in [6.07, 6.45) is 7.43. The first kappa shape index (κ1) is 14.5. The average molecular weight is 276 g/mol. The van der Waals surface area contributed by atoms with Crippen molar-refractivity contribution in [3.8, 4) is 0 Å². The predicted molar refractivity (Wildman–Crippen MR) is 79.1 cm³/mol. The zero-order valence-electron chi connectivity index (χ0n) is 11.6. The summed E-state index contributed by atoms with van der Waals surface area (Å²) in [5.41, 5.74) is 6.50. The molecule has 0 saturated heterocycles. The van der Waals surface area contributed by atoms with E-state index in [1.807, 2.05) is 23.2 Å². The van der Waals surface area contributed by atoms with Crippen LogP contribution in [-0.4, -0.2) is 29.2 Å². The van der Waals surface area contributed by atoms with Gasteiger partial charge >= 0.3 is 0 Å². The van der Waals surface area contributed by atoms with Crippen molar-refractivity contribution in [2.45, 2.75) is 19.4 Å². The molecular formula is C15H21FN4. The van der Waals surface area contributed by atoms with Crippen LogP contribution in [0.1, 0.15) is 12.8 Å². The second-order valence-electron chi connectivity index (χ2n) is 4.76. The van der Waals surface area contributed by atoms with Gasteiger partial charge in [-0.05, 0) is 37.6 Å². The minimum Gasteiger partial charge on any atom is -0.371 e. The second kappa shape index (κ2) is 7.65. The van der Waals surface area contributed by atoms with Crippen molar-refractivity contribution >= 4 is 5.69 Å². The molecule has 4 nitrogen and oxygen atoms in total. The Kier molecular flexibility index (Phi) is 5.55. The number of aryl methyl sites for hydroxylation is 1. The second-order valence-corrected chi connectivity index (χ2v) is 4.76. The summed E-state index contributed by atoms with van der Waals surface area (Å²) >= 11 is 0. The van der Waals surface area contributed by atoms with Crippen molar-refractivity contribution in [1.29, 1.82) is 0 Å². The van der Waals surface area contributed by atoms with Crippen LogP contribution in [0.2, 0.25) is 0 Å². The molecule has 2 N–H and O–H groups in total. The molecule has 108 valence electrons. The number of benzene rings is 1. The lowest BCUT2D eigenvalue weighted by atomic mass is 10.2. The van der Waals surface area contributed by atoms with Gasteiger partial charge in [-0.2, -0.15) is 0 Å². The number of hydrogen-bond acceptors (Lipinski definition) is 3. The van der Waals surface area contributed by atoms with Gasteiger partial charge in [-0.15, -0.1) is 0 Å². The molecule has 0 bridgehead atoms. The highest BCUT2D eigenvalue weighted by atomic mass is 19.1. The summed E-state index contributed by atoms with van der Waals surface area (Å²) in [6, 6.07) is 6.73. The summed E-state index contributed by atoms with van der Waals surface area (Å²) < 4.78 is 15.4. The van der Waals surface area contributed by atoms with E-state index in [2.05, 4.69) is 9.88 Å². The Hall–Kier alpha value is -1.88. The van der Waals surface area contributed by atoms with E-state index >= 15 is 0 Å². The van der Waals surface area contributed by atoms with Gasteiger partial charge in [-0.3, -0.25) is 0 Å². The molecular weight excluding hydrogens is 255 g/mol. The molecule has 5 heteroatoms. The van der Waals surface area contributed by atoms with Crippen molar-refractivity contribution < 1.29 is 4.39 Å². The summed E-state index contributed by atoms with van der Waals surface area (Å²) in [6.45, 7) is 3.29. The minimum absolute atomic E-state index is 0.199. The molecule has 2 rings (SSSR count). The first-order valence-corrected chi connectivity index (χ1v) is 6.96. The van der Waals surface area contributed by atoms with Crippen LogP contribution in [0.3, 0.4) is 0 Å². The van der Waals surface area contributed by atoms with Gasteiger partial charge in [0.2, 0.25) is 0 Å². The number of imidazole rings is 1. The summed E-state index contributed by atoms with van der Waals surface area (Å²) in [4.78, 5) is 6.21. The maximum atomic E-state index is 13.3. The molecule has 2 aromatic rings. The molecule has 0 radical (unpaired) electrons. The van der Waals surface area contributed by atoms with Crippen LogP contribution < -0.4 is 10.6 Å². The molecule has 0 spiro atoms. The van der Waals surface area contributed by atoms with Crippen LogP contribution in [0.25, 0.3) is 0 Å². The van der Waals surface area contributed by atoms with Gasteiger partial charge in [-0.25, -0.2) is 9.37 Å². The average Bonchev–Trinajstić information content (AvgIpc) is 2.96. The molecule has 0 aliphatic rings. The van der Waals surface area contributed by atoms with E-state index in [0.717, 1.165) is 38.2 Å². The van der Waals surface area contributed by atoms with Gasteiger partial charge in [-0.1, -0.05) is 6.07 Å². The maximum absolute atomic E-state index is 13.3. The lowest BCUT2D eigenvalue weighted by Gasteiger charge is -2.25. The Balaban J connectivity index is 1.92. The maximum Gasteiger partial charge on any atom is 0.125 e. The van der Waals surface area contributed by atoms with Crippen LogP contribution in [-0.2, 0) is 6.54 Å². The smallest absolute Gasteiger partial charge is 0.125 e. The minimum atomic E-state index is -0.199. The standard InChI is InChI=1S/C15H21FN4/c16-14-4-1-5-15(12-14)20(9-2-6-17)10-3-8-19-11-7-18-13-19/h1,4-5,7,11-13H,2-3,6,8-10,17H2. The van der Waals surface area contributed by atoms with E-state index < -0.39 is 0 Å². The molecule has 0 saturated carbocycles. The number of anilines is 1. The van der Waals surface area contributed by atoms with Gasteiger partial charge in [0.05, 0.1) is 6.33 Å². The molecule has 0 aliphatic carbocycles. The number of halogens is 1. The number of hydrogen-bond donors (Lipinski definition) is 1. The SMILES string of the molecule is NCCCN(CCCn1ccnc1)c1cccc(F)c1. The number of nitrogens with two attached hydrogens (primary N) is 1. The van der Waals surface area contributed by atoms with Crippen molar-refractivity contribution in [2.24, 2.45) is 5.73 Å². The third kappa shape index (κ3) is 4.35. The summed E-state index contributed by atoms with van der Waals surface area (Å²) in [7, 11) is 0. The highest BCUT2D eigenvalue weighted by Gasteiger charge is 2.06. The molecule has 20 heavy (non-hydrogen) atoms. The van der Waals surface area contributed by atoms with Gasteiger partial charge in [0.1, 0.15) is 5.82 Å². The molecule has 0 atom stereocenters. The lowest BCUT2D eigenvalue weighted by Crippen LogP contribution is -2.28. The van der Waals surface area contributed by atoms with Gasteiger partial charge in [0.25, 0.3) is 0 Å². The van der Waals surface area contributed by atoms with Crippen molar-refractivity contribution in [2.75, 3.05) is 24.5 Å². The Morgan fingerprint density at radius 1 is 1.25 bits per heavy atom. The number of nitrogens with zero attached hydrogens (tertiary/aromatic N) is 3. The molecule has 1 aromatic carbocycles. The van der Waals surface area contributed by atoms with Crippen LogP contribution in [0, 0.1) is 5.82 Å². The molecule has 1 heterocycles. The van der Waals surface area contributed by atoms with Crippen molar-refractivity contribution in [3.63, 3.8) is 0 Å². The molecule has 0 amide bonds. The van der Waals surface area contributed by atoms with E-state index in [-0.39, 0.29) is 5.82 Å². The quantitative estimate of drug-likeness (QED) is 0.804. The number of aromatic nitrogens is 2. The normalized spacial score (nSPS) is 10.7. The fraction of sp³-hybridized carbons (Fsp3) is 0.400. The monoisotopic (exact) mass is 276 g/mol. The zero-order valence-corrected chi connectivity index (χ0v) is 11.6. The molecule has 1 aromatic heterocycles. The topological polar surface area (TPSA) is 47.1 Å². The van der Waals surface area contributed by atoms with Gasteiger partial charge < -0.3 is 15.2 Å². The highest BCUT2D eigenvalue weighted by molar-refractivity contribution is 5.46. The fourth-order valence-corrected chi connectivity index (χ4v) is 2.19.